The van der Waals surface area contributed by atoms with Gasteiger partial charge in [-0.25, -0.2) is 0 Å². The van der Waals surface area contributed by atoms with Gasteiger partial charge >= 0.3 is 0 Å². The van der Waals surface area contributed by atoms with E-state index in [4.69, 9.17) is 0 Å². The van der Waals surface area contributed by atoms with Crippen LogP contribution >= 0.6 is 11.3 Å². The van der Waals surface area contributed by atoms with Crippen molar-refractivity contribution in [3.63, 3.8) is 0 Å². The number of aliphatic hydroxyl groups is 1. The number of aliphatic hydroxyl groups excluding tert-OH is 1. The lowest BCUT2D eigenvalue weighted by Gasteiger charge is -2.09. The summed E-state index contributed by atoms with van der Waals surface area (Å²) in [6, 6.07) is 15.2. The van der Waals surface area contributed by atoms with Crippen LogP contribution in [0.3, 0.4) is 0 Å². The predicted octanol–water partition coefficient (Wildman–Crippen LogP) is 3.75. The van der Waals surface area contributed by atoms with Gasteiger partial charge < -0.3 is 10.4 Å². The van der Waals surface area contributed by atoms with Gasteiger partial charge in [-0.15, -0.1) is 10.2 Å². The Hall–Kier alpha value is -2.57. The van der Waals surface area contributed by atoms with Crippen molar-refractivity contribution >= 4 is 17.2 Å². The quantitative estimate of drug-likeness (QED) is 0.696. The van der Waals surface area contributed by atoms with Crippen molar-refractivity contribution in [1.82, 2.24) is 15.5 Å². The first-order valence-electron chi connectivity index (χ1n) is 8.54. The molecule has 0 spiro atoms. The molecule has 0 radical (unpaired) electrons. The van der Waals surface area contributed by atoms with Gasteiger partial charge in [0.25, 0.3) is 5.91 Å². The largest absolute Gasteiger partial charge is 0.389 e. The molecule has 134 valence electrons. The molecule has 1 aromatic heterocycles. The SMILES string of the molecule is CCc1nnc(CNC(=O)c2ccc(-c3cccc([C@@H](C)O)c3)cc2)s1. The Bertz CT molecular complexity index is 888. The molecule has 26 heavy (non-hydrogen) atoms. The average molecular weight is 367 g/mol. The second-order valence-electron chi connectivity index (χ2n) is 6.00. The summed E-state index contributed by atoms with van der Waals surface area (Å²) < 4.78 is 0. The topological polar surface area (TPSA) is 75.1 Å². The second kappa shape index (κ2) is 8.21. The molecule has 2 N–H and O–H groups in total. The number of aryl methyl sites for hydroxylation is 1. The van der Waals surface area contributed by atoms with E-state index in [1.165, 1.54) is 11.3 Å². The predicted molar refractivity (Wildman–Crippen MR) is 103 cm³/mol. The second-order valence-corrected chi connectivity index (χ2v) is 7.15. The molecular weight excluding hydrogens is 346 g/mol. The molecule has 0 saturated heterocycles. The molecule has 5 nitrogen and oxygen atoms in total. The molecule has 0 aliphatic rings. The Morgan fingerprint density at radius 2 is 1.85 bits per heavy atom. The molecule has 6 heteroatoms. The van der Waals surface area contributed by atoms with Crippen molar-refractivity contribution < 1.29 is 9.90 Å². The number of carbonyl (C=O) groups excluding carboxylic acids is 1. The van der Waals surface area contributed by atoms with Crippen molar-refractivity contribution in [3.8, 4) is 11.1 Å². The fraction of sp³-hybridized carbons (Fsp3) is 0.250. The normalized spacial score (nSPS) is 12.0. The molecule has 2 aromatic carbocycles. The van der Waals surface area contributed by atoms with Crippen molar-refractivity contribution in [2.24, 2.45) is 0 Å². The van der Waals surface area contributed by atoms with Gasteiger partial charge in [-0.2, -0.15) is 0 Å². The van der Waals surface area contributed by atoms with Gasteiger partial charge in [-0.1, -0.05) is 48.6 Å². The number of benzene rings is 2. The highest BCUT2D eigenvalue weighted by Crippen LogP contribution is 2.23. The number of hydrogen-bond acceptors (Lipinski definition) is 5. The lowest BCUT2D eigenvalue weighted by atomic mass is 10.00. The van der Waals surface area contributed by atoms with Gasteiger partial charge in [0.2, 0.25) is 0 Å². The van der Waals surface area contributed by atoms with E-state index in [9.17, 15) is 9.90 Å². The first-order valence-corrected chi connectivity index (χ1v) is 9.36. The molecule has 0 aliphatic heterocycles. The van der Waals surface area contributed by atoms with Gasteiger partial charge in [0.15, 0.2) is 0 Å². The van der Waals surface area contributed by atoms with Crippen LogP contribution in [0.15, 0.2) is 48.5 Å². The number of carbonyl (C=O) groups is 1. The third kappa shape index (κ3) is 4.33. The Kier molecular flexibility index (Phi) is 5.75. The molecule has 0 unspecified atom stereocenters. The number of hydrogen-bond donors (Lipinski definition) is 2. The first-order chi connectivity index (χ1) is 12.6. The zero-order valence-corrected chi connectivity index (χ0v) is 15.6. The fourth-order valence-electron chi connectivity index (χ4n) is 2.55. The summed E-state index contributed by atoms with van der Waals surface area (Å²) >= 11 is 1.52. The minimum absolute atomic E-state index is 0.137. The molecular formula is C20H21N3O2S. The molecule has 0 saturated carbocycles. The van der Waals surface area contributed by atoms with Crippen molar-refractivity contribution in [1.29, 1.82) is 0 Å². The number of aromatic nitrogens is 2. The fourth-order valence-corrected chi connectivity index (χ4v) is 3.28. The number of rotatable bonds is 6. The summed E-state index contributed by atoms with van der Waals surface area (Å²) in [6.07, 6.45) is 0.345. The number of amides is 1. The minimum atomic E-state index is -0.506. The number of nitrogens with zero attached hydrogens (tertiary/aromatic N) is 2. The zero-order valence-electron chi connectivity index (χ0n) is 14.8. The summed E-state index contributed by atoms with van der Waals surface area (Å²) in [4.78, 5) is 12.3. The summed E-state index contributed by atoms with van der Waals surface area (Å²) in [6.45, 7) is 4.16. The van der Waals surface area contributed by atoms with E-state index >= 15 is 0 Å². The van der Waals surface area contributed by atoms with E-state index in [2.05, 4.69) is 15.5 Å². The van der Waals surface area contributed by atoms with Crippen LogP contribution in [0.4, 0.5) is 0 Å². The van der Waals surface area contributed by atoms with Gasteiger partial charge in [-0.05, 0) is 48.2 Å². The van der Waals surface area contributed by atoms with E-state index in [1.807, 2.05) is 43.3 Å². The van der Waals surface area contributed by atoms with Crippen LogP contribution in [-0.2, 0) is 13.0 Å². The molecule has 3 aromatic rings. The van der Waals surface area contributed by atoms with Gasteiger partial charge in [0.1, 0.15) is 10.0 Å². The number of nitrogens with one attached hydrogen (secondary N) is 1. The van der Waals surface area contributed by atoms with Crippen LogP contribution in [0.5, 0.6) is 0 Å². The van der Waals surface area contributed by atoms with Crippen molar-refractivity contribution in [2.75, 3.05) is 0 Å². The van der Waals surface area contributed by atoms with Crippen LogP contribution in [-0.4, -0.2) is 21.2 Å². The van der Waals surface area contributed by atoms with E-state index in [-0.39, 0.29) is 5.91 Å². The van der Waals surface area contributed by atoms with E-state index in [0.29, 0.717) is 12.1 Å². The first kappa shape index (κ1) is 18.2. The Labute approximate surface area is 156 Å². The lowest BCUT2D eigenvalue weighted by molar-refractivity contribution is 0.0951. The Morgan fingerprint density at radius 1 is 1.12 bits per heavy atom. The molecule has 3 rings (SSSR count). The van der Waals surface area contributed by atoms with E-state index in [0.717, 1.165) is 33.1 Å². The molecule has 1 heterocycles. The van der Waals surface area contributed by atoms with Crippen molar-refractivity contribution in [2.45, 2.75) is 32.9 Å². The Morgan fingerprint density at radius 3 is 2.50 bits per heavy atom. The highest BCUT2D eigenvalue weighted by Gasteiger charge is 2.09. The highest BCUT2D eigenvalue weighted by atomic mass is 32.1. The maximum atomic E-state index is 12.3. The summed E-state index contributed by atoms with van der Waals surface area (Å²) in [7, 11) is 0. The molecule has 0 fully saturated rings. The maximum Gasteiger partial charge on any atom is 0.251 e. The van der Waals surface area contributed by atoms with E-state index in [1.54, 1.807) is 19.1 Å². The lowest BCUT2D eigenvalue weighted by Crippen LogP contribution is -2.22. The third-order valence-corrected chi connectivity index (χ3v) is 5.13. The summed E-state index contributed by atoms with van der Waals surface area (Å²) in [5.74, 6) is -0.137. The Balaban J connectivity index is 1.66. The van der Waals surface area contributed by atoms with Crippen LogP contribution in [0.25, 0.3) is 11.1 Å². The van der Waals surface area contributed by atoms with Crippen LogP contribution < -0.4 is 5.32 Å². The van der Waals surface area contributed by atoms with Gasteiger partial charge in [0, 0.05) is 5.56 Å². The molecule has 0 aliphatic carbocycles. The summed E-state index contributed by atoms with van der Waals surface area (Å²) in [5, 5.41) is 22.5. The highest BCUT2D eigenvalue weighted by molar-refractivity contribution is 7.11. The van der Waals surface area contributed by atoms with Crippen LogP contribution in [0.2, 0.25) is 0 Å². The van der Waals surface area contributed by atoms with Crippen LogP contribution in [0, 0.1) is 0 Å². The zero-order chi connectivity index (χ0) is 18.5. The van der Waals surface area contributed by atoms with Crippen molar-refractivity contribution in [3.05, 3.63) is 69.7 Å². The summed E-state index contributed by atoms with van der Waals surface area (Å²) in [5.41, 5.74) is 3.48. The van der Waals surface area contributed by atoms with Gasteiger partial charge in [0.05, 0.1) is 12.6 Å². The van der Waals surface area contributed by atoms with Crippen LogP contribution in [0.1, 0.15) is 45.9 Å². The van der Waals surface area contributed by atoms with Gasteiger partial charge in [-0.3, -0.25) is 4.79 Å². The minimum Gasteiger partial charge on any atom is -0.389 e. The molecule has 1 atom stereocenters. The standard InChI is InChI=1S/C20H21N3O2S/c1-3-18-22-23-19(26-18)12-21-20(25)15-9-7-14(8-10-15)17-6-4-5-16(11-17)13(2)24/h4-11,13,24H,3,12H2,1-2H3,(H,21,25)/t13-/m1/s1. The van der Waals surface area contributed by atoms with E-state index < -0.39 is 6.10 Å². The third-order valence-electron chi connectivity index (χ3n) is 4.06. The monoisotopic (exact) mass is 367 g/mol. The average Bonchev–Trinajstić information content (AvgIpc) is 3.14. The maximum absolute atomic E-state index is 12.3. The molecule has 1 amide bonds. The smallest absolute Gasteiger partial charge is 0.251 e. The molecule has 0 bridgehead atoms.